The van der Waals surface area contributed by atoms with E-state index in [9.17, 15) is 9.59 Å². The summed E-state index contributed by atoms with van der Waals surface area (Å²) in [6, 6.07) is 12.6. The van der Waals surface area contributed by atoms with Gasteiger partial charge in [-0.2, -0.15) is 5.10 Å². The van der Waals surface area contributed by atoms with Crippen LogP contribution in [0.25, 0.3) is 0 Å². The summed E-state index contributed by atoms with van der Waals surface area (Å²) in [7, 11) is 4.73. The highest BCUT2D eigenvalue weighted by atomic mass is 16.5. The summed E-state index contributed by atoms with van der Waals surface area (Å²) in [4.78, 5) is 23.8. The van der Waals surface area contributed by atoms with Crippen molar-refractivity contribution in [1.29, 1.82) is 0 Å². The maximum Gasteiger partial charge on any atom is 0.303 e. The van der Waals surface area contributed by atoms with Gasteiger partial charge in [-0.05, 0) is 30.7 Å². The molecule has 2 aromatic carbocycles. The van der Waals surface area contributed by atoms with E-state index in [0.717, 1.165) is 11.1 Å². The number of ether oxygens (including phenoxy) is 3. The van der Waals surface area contributed by atoms with Crippen LogP contribution in [-0.4, -0.2) is 49.0 Å². The molecule has 0 radical (unpaired) electrons. The van der Waals surface area contributed by atoms with E-state index in [2.05, 4.69) is 5.10 Å². The zero-order chi connectivity index (χ0) is 22.4. The Bertz CT molecular complexity index is 988. The highest BCUT2D eigenvalue weighted by Crippen LogP contribution is 2.40. The number of nitrogens with zero attached hydrogens (tertiary/aromatic N) is 2. The lowest BCUT2D eigenvalue weighted by Crippen LogP contribution is -2.27. The Hall–Kier alpha value is -3.55. The number of aliphatic carboxylic acids is 1. The maximum atomic E-state index is 13.0. The summed E-state index contributed by atoms with van der Waals surface area (Å²) in [5.41, 5.74) is 2.32. The third-order valence-corrected chi connectivity index (χ3v) is 5.16. The van der Waals surface area contributed by atoms with Crippen molar-refractivity contribution in [3.8, 4) is 17.2 Å². The van der Waals surface area contributed by atoms with Crippen LogP contribution < -0.4 is 14.2 Å². The van der Waals surface area contributed by atoms with Gasteiger partial charge in [0.15, 0.2) is 0 Å². The number of para-hydroxylation sites is 1. The van der Waals surface area contributed by atoms with E-state index in [0.29, 0.717) is 29.4 Å². The molecule has 1 N–H and O–H groups in total. The molecule has 1 amide bonds. The van der Waals surface area contributed by atoms with E-state index in [-0.39, 0.29) is 25.2 Å². The SMILES string of the molecule is COc1ccc(C2CC(c3ccccc3OC)=NN2C(=O)CCCC(=O)O)c(OC)c1. The summed E-state index contributed by atoms with van der Waals surface area (Å²) in [6.07, 6.45) is 0.730. The van der Waals surface area contributed by atoms with Gasteiger partial charge in [0, 0.05) is 36.5 Å². The van der Waals surface area contributed by atoms with Gasteiger partial charge < -0.3 is 19.3 Å². The smallest absolute Gasteiger partial charge is 0.303 e. The van der Waals surface area contributed by atoms with Gasteiger partial charge in [0.2, 0.25) is 5.91 Å². The Labute approximate surface area is 181 Å². The van der Waals surface area contributed by atoms with Crippen LogP contribution in [0.1, 0.15) is 42.9 Å². The highest BCUT2D eigenvalue weighted by Gasteiger charge is 2.35. The van der Waals surface area contributed by atoms with Crippen LogP contribution >= 0.6 is 0 Å². The van der Waals surface area contributed by atoms with Gasteiger partial charge in [-0.3, -0.25) is 9.59 Å². The molecule has 0 saturated heterocycles. The van der Waals surface area contributed by atoms with E-state index < -0.39 is 12.0 Å². The Morgan fingerprint density at radius 1 is 1.03 bits per heavy atom. The molecular formula is C23H26N2O6. The molecule has 0 spiro atoms. The minimum Gasteiger partial charge on any atom is -0.497 e. The van der Waals surface area contributed by atoms with Crippen LogP contribution in [0.2, 0.25) is 0 Å². The fraction of sp³-hybridized carbons (Fsp3) is 0.348. The first kappa shape index (κ1) is 22.1. The summed E-state index contributed by atoms with van der Waals surface area (Å²) in [6.45, 7) is 0. The normalized spacial score (nSPS) is 15.4. The average molecular weight is 426 g/mol. The molecule has 1 aliphatic heterocycles. The first-order chi connectivity index (χ1) is 15.0. The lowest BCUT2D eigenvalue weighted by atomic mass is 9.97. The van der Waals surface area contributed by atoms with Crippen LogP contribution in [0.3, 0.4) is 0 Å². The Balaban J connectivity index is 1.97. The number of hydrazone groups is 1. The number of carboxylic acid groups (broad SMARTS) is 1. The summed E-state index contributed by atoms with van der Waals surface area (Å²) < 4.78 is 16.3. The summed E-state index contributed by atoms with van der Waals surface area (Å²) in [5, 5.41) is 15.0. The second kappa shape index (κ2) is 9.97. The lowest BCUT2D eigenvalue weighted by Gasteiger charge is -2.24. The predicted molar refractivity (Wildman–Crippen MR) is 115 cm³/mol. The molecule has 0 aliphatic carbocycles. The van der Waals surface area contributed by atoms with Crippen LogP contribution in [0, 0.1) is 0 Å². The molecule has 0 saturated carbocycles. The molecule has 0 fully saturated rings. The number of benzene rings is 2. The van der Waals surface area contributed by atoms with Gasteiger partial charge in [0.05, 0.1) is 33.1 Å². The van der Waals surface area contributed by atoms with Gasteiger partial charge >= 0.3 is 5.97 Å². The van der Waals surface area contributed by atoms with Crippen LogP contribution in [0.4, 0.5) is 0 Å². The van der Waals surface area contributed by atoms with E-state index in [1.807, 2.05) is 36.4 Å². The number of carbonyl (C=O) groups is 2. The Morgan fingerprint density at radius 2 is 1.77 bits per heavy atom. The van der Waals surface area contributed by atoms with E-state index in [4.69, 9.17) is 19.3 Å². The number of hydrogen-bond acceptors (Lipinski definition) is 6. The number of methoxy groups -OCH3 is 3. The van der Waals surface area contributed by atoms with Crippen molar-refractivity contribution >= 4 is 17.6 Å². The van der Waals surface area contributed by atoms with Crippen LogP contribution in [-0.2, 0) is 9.59 Å². The molecule has 2 aromatic rings. The second-order valence-electron chi connectivity index (χ2n) is 7.06. The van der Waals surface area contributed by atoms with Crippen molar-refractivity contribution in [2.75, 3.05) is 21.3 Å². The fourth-order valence-electron chi connectivity index (χ4n) is 3.63. The molecule has 1 atom stereocenters. The standard InChI is InChI=1S/C23H26N2O6/c1-29-15-11-12-17(21(13-15)31-3)19-14-18(16-7-4-5-8-20(16)30-2)24-25(19)22(26)9-6-10-23(27)28/h4-5,7-8,11-13,19H,6,9-10,14H2,1-3H3,(H,27,28). The second-order valence-corrected chi connectivity index (χ2v) is 7.06. The summed E-state index contributed by atoms with van der Waals surface area (Å²) >= 11 is 0. The van der Waals surface area contributed by atoms with Gasteiger partial charge in [-0.1, -0.05) is 12.1 Å². The zero-order valence-electron chi connectivity index (χ0n) is 17.8. The topological polar surface area (TPSA) is 97.7 Å². The van der Waals surface area contributed by atoms with Crippen molar-refractivity contribution in [2.24, 2.45) is 5.10 Å². The van der Waals surface area contributed by atoms with Crippen molar-refractivity contribution < 1.29 is 28.9 Å². The van der Waals surface area contributed by atoms with E-state index in [1.165, 1.54) is 5.01 Å². The number of hydrogen-bond donors (Lipinski definition) is 1. The van der Waals surface area contributed by atoms with Gasteiger partial charge in [0.25, 0.3) is 0 Å². The van der Waals surface area contributed by atoms with Crippen molar-refractivity contribution in [3.05, 3.63) is 53.6 Å². The minimum atomic E-state index is -0.930. The molecule has 0 bridgehead atoms. The van der Waals surface area contributed by atoms with Crippen molar-refractivity contribution in [3.63, 3.8) is 0 Å². The zero-order valence-corrected chi connectivity index (χ0v) is 17.8. The first-order valence-electron chi connectivity index (χ1n) is 9.95. The third kappa shape index (κ3) is 4.96. The van der Waals surface area contributed by atoms with Crippen molar-refractivity contribution in [1.82, 2.24) is 5.01 Å². The average Bonchev–Trinajstić information content (AvgIpc) is 3.23. The lowest BCUT2D eigenvalue weighted by molar-refractivity contribution is -0.137. The summed E-state index contributed by atoms with van der Waals surface area (Å²) in [5.74, 6) is 0.727. The molecule has 8 heteroatoms. The third-order valence-electron chi connectivity index (χ3n) is 5.16. The number of carbonyl (C=O) groups excluding carboxylic acids is 1. The predicted octanol–water partition coefficient (Wildman–Crippen LogP) is 3.65. The van der Waals surface area contributed by atoms with Crippen LogP contribution in [0.15, 0.2) is 47.6 Å². The Morgan fingerprint density at radius 3 is 2.45 bits per heavy atom. The number of rotatable bonds is 9. The molecule has 0 aromatic heterocycles. The molecule has 164 valence electrons. The number of carboxylic acids is 1. The fourth-order valence-corrected chi connectivity index (χ4v) is 3.63. The molecule has 1 unspecified atom stereocenters. The quantitative estimate of drug-likeness (QED) is 0.657. The molecule has 1 aliphatic rings. The van der Waals surface area contributed by atoms with Gasteiger partial charge in [0.1, 0.15) is 17.2 Å². The highest BCUT2D eigenvalue weighted by molar-refractivity contribution is 6.05. The minimum absolute atomic E-state index is 0.0703. The molecule has 8 nitrogen and oxygen atoms in total. The van der Waals surface area contributed by atoms with E-state index in [1.54, 1.807) is 27.4 Å². The molecule has 1 heterocycles. The first-order valence-corrected chi connectivity index (χ1v) is 9.95. The maximum absolute atomic E-state index is 13.0. The molecular weight excluding hydrogens is 400 g/mol. The van der Waals surface area contributed by atoms with E-state index >= 15 is 0 Å². The largest absolute Gasteiger partial charge is 0.497 e. The van der Waals surface area contributed by atoms with Gasteiger partial charge in [-0.15, -0.1) is 0 Å². The monoisotopic (exact) mass is 426 g/mol. The number of amides is 1. The molecule has 3 rings (SSSR count). The van der Waals surface area contributed by atoms with Crippen LogP contribution in [0.5, 0.6) is 17.2 Å². The Kier molecular flexibility index (Phi) is 7.12. The molecule has 31 heavy (non-hydrogen) atoms. The van der Waals surface area contributed by atoms with Crippen molar-refractivity contribution in [2.45, 2.75) is 31.7 Å². The van der Waals surface area contributed by atoms with Gasteiger partial charge in [-0.25, -0.2) is 5.01 Å².